The summed E-state index contributed by atoms with van der Waals surface area (Å²) in [6.07, 6.45) is 0. The van der Waals surface area contributed by atoms with E-state index in [0.29, 0.717) is 0 Å². The van der Waals surface area contributed by atoms with Gasteiger partial charge in [0.1, 0.15) is 0 Å². The predicted octanol–water partition coefficient (Wildman–Crippen LogP) is -1.02. The second-order valence-corrected chi connectivity index (χ2v) is 1.68. The molecule has 0 saturated carbocycles. The lowest BCUT2D eigenvalue weighted by atomic mass is 10.8. The fourth-order valence-corrected chi connectivity index (χ4v) is 0.204. The highest BCUT2D eigenvalue weighted by molar-refractivity contribution is 4.07. The maximum Gasteiger partial charge on any atom is 0.0662 e. The molecule has 5 nitrogen and oxygen atoms in total. The Kier molecular flexibility index (Phi) is 42.5. The van der Waals surface area contributed by atoms with Crippen LogP contribution in [0.1, 0.15) is 13.8 Å². The summed E-state index contributed by atoms with van der Waals surface area (Å²) in [7, 11) is 0. The Morgan fingerprint density at radius 3 is 0.923 bits per heavy atom. The Labute approximate surface area is 79.6 Å². The normalized spacial score (nSPS) is 7.85. The number of rotatable bonds is 4. The highest BCUT2D eigenvalue weighted by Gasteiger charge is 1.64. The molecule has 0 aliphatic carbocycles. The minimum Gasteiger partial charge on any atom is -0.394 e. The Morgan fingerprint density at radius 1 is 0.692 bits per heavy atom. The molecular formula is C8H22O5. The first-order valence-corrected chi connectivity index (χ1v) is 4.26. The van der Waals surface area contributed by atoms with E-state index < -0.39 is 0 Å². The third-order valence-electron chi connectivity index (χ3n) is 0.608. The average molecular weight is 198 g/mol. The fraction of sp³-hybridized carbons (Fsp3) is 1.00. The minimum atomic E-state index is -0.125. The van der Waals surface area contributed by atoms with Crippen molar-refractivity contribution >= 4 is 0 Å². The van der Waals surface area contributed by atoms with Gasteiger partial charge in [0.15, 0.2) is 0 Å². The largest absolute Gasteiger partial charge is 0.394 e. The van der Waals surface area contributed by atoms with Crippen LogP contribution >= 0.6 is 0 Å². The van der Waals surface area contributed by atoms with Crippen LogP contribution in [0.5, 0.6) is 0 Å². The van der Waals surface area contributed by atoms with E-state index in [1.807, 2.05) is 13.8 Å². The summed E-state index contributed by atoms with van der Waals surface area (Å²) in [5.74, 6) is 0. The van der Waals surface area contributed by atoms with Crippen LogP contribution in [0.4, 0.5) is 0 Å². The molecule has 0 spiro atoms. The van der Waals surface area contributed by atoms with Gasteiger partial charge in [0, 0.05) is 13.2 Å². The molecule has 0 bridgehead atoms. The monoisotopic (exact) mass is 198 g/mol. The van der Waals surface area contributed by atoms with Crippen LogP contribution in [0.3, 0.4) is 0 Å². The van der Waals surface area contributed by atoms with Gasteiger partial charge in [0.05, 0.1) is 26.4 Å². The lowest BCUT2D eigenvalue weighted by Gasteiger charge is -1.86. The smallest absolute Gasteiger partial charge is 0.0662 e. The molecule has 13 heavy (non-hydrogen) atoms. The molecule has 0 aromatic heterocycles. The summed E-state index contributed by atoms with van der Waals surface area (Å²) in [6, 6.07) is 0. The highest BCUT2D eigenvalue weighted by Crippen LogP contribution is 1.64. The van der Waals surface area contributed by atoms with Crippen LogP contribution in [-0.2, 0) is 4.74 Å². The van der Waals surface area contributed by atoms with Crippen molar-refractivity contribution in [2.75, 3.05) is 39.6 Å². The summed E-state index contributed by atoms with van der Waals surface area (Å²) in [6.45, 7) is 5.17. The number of hydrogen-bond acceptors (Lipinski definition) is 5. The maximum atomic E-state index is 7.62. The van der Waals surface area contributed by atoms with Gasteiger partial charge in [-0.1, -0.05) is 0 Å². The quantitative estimate of drug-likeness (QED) is 0.464. The lowest BCUT2D eigenvalue weighted by Crippen LogP contribution is -1.85. The molecule has 84 valence electrons. The SMILES string of the molecule is CCOCC.OCCO.OCCO. The molecule has 0 fully saturated rings. The zero-order valence-corrected chi connectivity index (χ0v) is 8.44. The average Bonchev–Trinajstić information content (AvgIpc) is 2.20. The number of aliphatic hydroxyl groups is 4. The number of ether oxygens (including phenoxy) is 1. The van der Waals surface area contributed by atoms with Crippen LogP contribution in [0.15, 0.2) is 0 Å². The van der Waals surface area contributed by atoms with E-state index in [1.165, 1.54) is 0 Å². The van der Waals surface area contributed by atoms with Crippen molar-refractivity contribution in [3.63, 3.8) is 0 Å². The third kappa shape index (κ3) is 78.5. The first-order chi connectivity index (χ1) is 6.24. The van der Waals surface area contributed by atoms with Gasteiger partial charge < -0.3 is 25.2 Å². The zero-order valence-electron chi connectivity index (χ0n) is 8.44. The zero-order chi connectivity index (χ0) is 10.9. The molecule has 0 radical (unpaired) electrons. The van der Waals surface area contributed by atoms with E-state index in [1.54, 1.807) is 0 Å². The Bertz CT molecular complexity index is 41.8. The Morgan fingerprint density at radius 2 is 0.923 bits per heavy atom. The van der Waals surface area contributed by atoms with Gasteiger partial charge in [-0.15, -0.1) is 0 Å². The van der Waals surface area contributed by atoms with E-state index >= 15 is 0 Å². The van der Waals surface area contributed by atoms with Crippen LogP contribution in [-0.4, -0.2) is 60.1 Å². The molecule has 0 amide bonds. The molecule has 0 saturated heterocycles. The van der Waals surface area contributed by atoms with Crippen LogP contribution in [0, 0.1) is 0 Å². The van der Waals surface area contributed by atoms with E-state index in [0.717, 1.165) is 13.2 Å². The molecule has 0 aromatic carbocycles. The molecular weight excluding hydrogens is 176 g/mol. The van der Waals surface area contributed by atoms with E-state index in [2.05, 4.69) is 0 Å². The summed E-state index contributed by atoms with van der Waals surface area (Å²) in [5, 5.41) is 30.5. The molecule has 0 atom stereocenters. The van der Waals surface area contributed by atoms with Gasteiger partial charge in [-0.2, -0.15) is 0 Å². The van der Waals surface area contributed by atoms with E-state index in [4.69, 9.17) is 25.2 Å². The second-order valence-electron chi connectivity index (χ2n) is 1.68. The van der Waals surface area contributed by atoms with Crippen molar-refractivity contribution in [2.24, 2.45) is 0 Å². The van der Waals surface area contributed by atoms with Crippen molar-refractivity contribution in [1.29, 1.82) is 0 Å². The van der Waals surface area contributed by atoms with Gasteiger partial charge in [0.2, 0.25) is 0 Å². The van der Waals surface area contributed by atoms with Crippen molar-refractivity contribution < 1.29 is 25.2 Å². The maximum absolute atomic E-state index is 7.62. The molecule has 0 unspecified atom stereocenters. The molecule has 0 heterocycles. The highest BCUT2D eigenvalue weighted by atomic mass is 16.5. The Balaban J connectivity index is -0.000000117. The second kappa shape index (κ2) is 29.8. The van der Waals surface area contributed by atoms with Gasteiger partial charge in [0.25, 0.3) is 0 Å². The number of hydrogen-bond donors (Lipinski definition) is 4. The van der Waals surface area contributed by atoms with Gasteiger partial charge in [-0.05, 0) is 13.8 Å². The third-order valence-corrected chi connectivity index (χ3v) is 0.608. The van der Waals surface area contributed by atoms with E-state index in [-0.39, 0.29) is 26.4 Å². The van der Waals surface area contributed by atoms with Crippen LogP contribution in [0.2, 0.25) is 0 Å². The first kappa shape index (κ1) is 18.6. The number of aliphatic hydroxyl groups excluding tert-OH is 4. The van der Waals surface area contributed by atoms with Gasteiger partial charge in [-0.25, -0.2) is 0 Å². The predicted molar refractivity (Wildman–Crippen MR) is 50.5 cm³/mol. The molecule has 0 rings (SSSR count). The first-order valence-electron chi connectivity index (χ1n) is 4.26. The van der Waals surface area contributed by atoms with Gasteiger partial charge in [-0.3, -0.25) is 0 Å². The van der Waals surface area contributed by atoms with Crippen molar-refractivity contribution in [3.05, 3.63) is 0 Å². The minimum absolute atomic E-state index is 0.125. The lowest BCUT2D eigenvalue weighted by molar-refractivity contribution is 0.162. The summed E-state index contributed by atoms with van der Waals surface area (Å²) in [5.41, 5.74) is 0. The van der Waals surface area contributed by atoms with Crippen LogP contribution < -0.4 is 0 Å². The van der Waals surface area contributed by atoms with E-state index in [9.17, 15) is 0 Å². The summed E-state index contributed by atoms with van der Waals surface area (Å²) >= 11 is 0. The molecule has 0 aliphatic heterocycles. The van der Waals surface area contributed by atoms with Gasteiger partial charge >= 0.3 is 0 Å². The molecule has 0 aliphatic rings. The molecule has 4 N–H and O–H groups in total. The standard InChI is InChI=1S/C4H10O.2C2H6O2/c1-3-5-4-2;2*3-1-2-4/h3-4H2,1-2H3;2*3-4H,1-2H2. The topological polar surface area (TPSA) is 90.2 Å². The molecule has 0 aromatic rings. The summed E-state index contributed by atoms with van der Waals surface area (Å²) in [4.78, 5) is 0. The fourth-order valence-electron chi connectivity index (χ4n) is 0.204. The summed E-state index contributed by atoms with van der Waals surface area (Å²) < 4.78 is 4.83. The van der Waals surface area contributed by atoms with Crippen molar-refractivity contribution in [1.82, 2.24) is 0 Å². The van der Waals surface area contributed by atoms with Crippen molar-refractivity contribution in [3.8, 4) is 0 Å². The van der Waals surface area contributed by atoms with Crippen molar-refractivity contribution in [2.45, 2.75) is 13.8 Å². The molecule has 5 heteroatoms. The van der Waals surface area contributed by atoms with Crippen LogP contribution in [0.25, 0.3) is 0 Å². The Hall–Kier alpha value is -0.200.